The number of piperazine rings is 1. The van der Waals surface area contributed by atoms with Crippen LogP contribution in [0.1, 0.15) is 31.7 Å². The molecule has 0 aliphatic carbocycles. The lowest BCUT2D eigenvalue weighted by Crippen LogP contribution is -2.58. The molecule has 2 heterocycles. The fourth-order valence-electron chi connectivity index (χ4n) is 3.50. The van der Waals surface area contributed by atoms with Crippen molar-refractivity contribution in [2.45, 2.75) is 44.8 Å². The molecule has 0 N–H and O–H groups in total. The van der Waals surface area contributed by atoms with Gasteiger partial charge < -0.3 is 0 Å². The van der Waals surface area contributed by atoms with Gasteiger partial charge in [-0.1, -0.05) is 40.0 Å². The van der Waals surface area contributed by atoms with Gasteiger partial charge in [0, 0.05) is 41.2 Å². The maximum Gasteiger partial charge on any atom is 0.0462 e. The summed E-state index contributed by atoms with van der Waals surface area (Å²) in [5.41, 5.74) is 1.24. The highest BCUT2D eigenvalue weighted by molar-refractivity contribution is 9.10. The van der Waals surface area contributed by atoms with Gasteiger partial charge in [-0.15, -0.1) is 0 Å². The summed E-state index contributed by atoms with van der Waals surface area (Å²) < 4.78 is 1.05. The van der Waals surface area contributed by atoms with E-state index in [1.807, 2.05) is 6.07 Å². The van der Waals surface area contributed by atoms with Crippen molar-refractivity contribution in [1.82, 2.24) is 9.80 Å². The first-order chi connectivity index (χ1) is 9.63. The first-order valence-electron chi connectivity index (χ1n) is 7.55. The Morgan fingerprint density at radius 1 is 1.30 bits per heavy atom. The lowest BCUT2D eigenvalue weighted by molar-refractivity contribution is 0.0111. The molecular formula is C16H22BrClN2. The zero-order chi connectivity index (χ0) is 14.1. The highest BCUT2D eigenvalue weighted by atomic mass is 79.9. The van der Waals surface area contributed by atoms with Crippen LogP contribution in [0.5, 0.6) is 0 Å². The summed E-state index contributed by atoms with van der Waals surface area (Å²) in [5.74, 6) is 0. The van der Waals surface area contributed by atoms with Gasteiger partial charge in [0.2, 0.25) is 0 Å². The molecule has 20 heavy (non-hydrogen) atoms. The van der Waals surface area contributed by atoms with E-state index in [2.05, 4.69) is 44.8 Å². The number of nitrogens with zero attached hydrogens (tertiary/aromatic N) is 2. The lowest BCUT2D eigenvalue weighted by atomic mass is 9.97. The monoisotopic (exact) mass is 356 g/mol. The molecule has 0 radical (unpaired) electrons. The Morgan fingerprint density at radius 3 is 2.95 bits per heavy atom. The smallest absolute Gasteiger partial charge is 0.0462 e. The summed E-state index contributed by atoms with van der Waals surface area (Å²) in [6.07, 6.45) is 4.13. The molecule has 3 rings (SSSR count). The summed E-state index contributed by atoms with van der Waals surface area (Å²) in [6.45, 7) is 7.00. The Hall–Kier alpha value is -0.0900. The number of halogens is 2. The Balaban J connectivity index is 1.70. The van der Waals surface area contributed by atoms with Gasteiger partial charge in [-0.25, -0.2) is 0 Å². The van der Waals surface area contributed by atoms with Gasteiger partial charge >= 0.3 is 0 Å². The average molecular weight is 358 g/mol. The van der Waals surface area contributed by atoms with Crippen LogP contribution in [0.4, 0.5) is 0 Å². The van der Waals surface area contributed by atoms with Crippen LogP contribution in [0.3, 0.4) is 0 Å². The van der Waals surface area contributed by atoms with Crippen LogP contribution in [-0.4, -0.2) is 41.5 Å². The van der Waals surface area contributed by atoms with Crippen LogP contribution in [0.2, 0.25) is 5.02 Å². The molecular weight excluding hydrogens is 336 g/mol. The molecule has 0 amide bonds. The zero-order valence-corrected chi connectivity index (χ0v) is 14.3. The van der Waals surface area contributed by atoms with Gasteiger partial charge in [-0.05, 0) is 44.0 Å². The van der Waals surface area contributed by atoms with E-state index in [0.717, 1.165) is 22.1 Å². The number of hydrogen-bond acceptors (Lipinski definition) is 2. The zero-order valence-electron chi connectivity index (χ0n) is 12.0. The standard InChI is InChI=1S/C16H22BrClN2/c1-12-9-19-7-3-2-4-15(19)11-20(12)10-13-5-6-14(17)8-16(13)18/h5-6,8,12,15H,2-4,7,9-11H2,1H3. The topological polar surface area (TPSA) is 6.48 Å². The molecule has 2 aliphatic heterocycles. The summed E-state index contributed by atoms with van der Waals surface area (Å²) in [6, 6.07) is 7.60. The maximum atomic E-state index is 6.37. The van der Waals surface area contributed by atoms with E-state index in [1.54, 1.807) is 0 Å². The Labute approximate surface area is 135 Å². The molecule has 0 aromatic heterocycles. The third-order valence-electron chi connectivity index (χ3n) is 4.70. The second kappa shape index (κ2) is 6.35. The normalized spacial score (nSPS) is 28.4. The van der Waals surface area contributed by atoms with Gasteiger partial charge in [0.1, 0.15) is 0 Å². The summed E-state index contributed by atoms with van der Waals surface area (Å²) in [5, 5.41) is 0.873. The Bertz CT molecular complexity index is 480. The van der Waals surface area contributed by atoms with Crippen LogP contribution < -0.4 is 0 Å². The van der Waals surface area contributed by atoms with Crippen LogP contribution in [-0.2, 0) is 6.54 Å². The molecule has 4 heteroatoms. The van der Waals surface area contributed by atoms with Crippen molar-refractivity contribution in [3.05, 3.63) is 33.3 Å². The van der Waals surface area contributed by atoms with Crippen LogP contribution >= 0.6 is 27.5 Å². The minimum Gasteiger partial charge on any atom is -0.298 e. The molecule has 2 aliphatic rings. The van der Waals surface area contributed by atoms with Crippen molar-refractivity contribution in [2.75, 3.05) is 19.6 Å². The van der Waals surface area contributed by atoms with E-state index in [0.29, 0.717) is 6.04 Å². The van der Waals surface area contributed by atoms with Crippen molar-refractivity contribution in [2.24, 2.45) is 0 Å². The van der Waals surface area contributed by atoms with Crippen LogP contribution in [0.15, 0.2) is 22.7 Å². The molecule has 1 aromatic rings. The van der Waals surface area contributed by atoms with Gasteiger partial charge in [0.05, 0.1) is 0 Å². The van der Waals surface area contributed by atoms with Crippen molar-refractivity contribution in [3.8, 4) is 0 Å². The Kier molecular flexibility index (Phi) is 4.71. The largest absolute Gasteiger partial charge is 0.298 e. The third-order valence-corrected chi connectivity index (χ3v) is 5.55. The van der Waals surface area contributed by atoms with Gasteiger partial charge in [-0.3, -0.25) is 9.80 Å². The van der Waals surface area contributed by atoms with E-state index in [1.165, 1.54) is 44.5 Å². The van der Waals surface area contributed by atoms with Gasteiger partial charge in [0.25, 0.3) is 0 Å². The molecule has 2 saturated heterocycles. The molecule has 110 valence electrons. The molecule has 0 bridgehead atoms. The minimum atomic E-state index is 0.615. The van der Waals surface area contributed by atoms with Gasteiger partial charge in [0.15, 0.2) is 0 Å². The molecule has 1 aromatic carbocycles. The number of rotatable bonds is 2. The first-order valence-corrected chi connectivity index (χ1v) is 8.72. The molecule has 2 atom stereocenters. The summed E-state index contributed by atoms with van der Waals surface area (Å²) >= 11 is 9.84. The van der Waals surface area contributed by atoms with E-state index in [9.17, 15) is 0 Å². The molecule has 0 spiro atoms. The average Bonchev–Trinajstić information content (AvgIpc) is 2.42. The van der Waals surface area contributed by atoms with E-state index >= 15 is 0 Å². The fraction of sp³-hybridized carbons (Fsp3) is 0.625. The van der Waals surface area contributed by atoms with Crippen molar-refractivity contribution in [3.63, 3.8) is 0 Å². The highest BCUT2D eigenvalue weighted by Crippen LogP contribution is 2.28. The quantitative estimate of drug-likeness (QED) is 0.784. The third kappa shape index (κ3) is 3.22. The molecule has 0 saturated carbocycles. The van der Waals surface area contributed by atoms with E-state index in [-0.39, 0.29) is 0 Å². The minimum absolute atomic E-state index is 0.615. The number of piperidine rings is 1. The van der Waals surface area contributed by atoms with Crippen LogP contribution in [0, 0.1) is 0 Å². The Morgan fingerprint density at radius 2 is 2.15 bits per heavy atom. The van der Waals surface area contributed by atoms with Crippen molar-refractivity contribution < 1.29 is 0 Å². The second-order valence-corrected chi connectivity index (χ2v) is 7.48. The fourth-order valence-corrected chi connectivity index (χ4v) is 4.23. The summed E-state index contributed by atoms with van der Waals surface area (Å²) in [7, 11) is 0. The predicted molar refractivity (Wildman–Crippen MR) is 88.2 cm³/mol. The van der Waals surface area contributed by atoms with Crippen molar-refractivity contribution >= 4 is 27.5 Å². The number of benzene rings is 1. The first kappa shape index (κ1) is 14.8. The molecule has 2 fully saturated rings. The van der Waals surface area contributed by atoms with Crippen LogP contribution in [0.25, 0.3) is 0 Å². The number of hydrogen-bond donors (Lipinski definition) is 0. The summed E-state index contributed by atoms with van der Waals surface area (Å²) in [4.78, 5) is 5.29. The number of fused-ring (bicyclic) bond motifs is 1. The molecule has 2 nitrogen and oxygen atoms in total. The maximum absolute atomic E-state index is 6.37. The van der Waals surface area contributed by atoms with Crippen molar-refractivity contribution in [1.29, 1.82) is 0 Å². The SMILES string of the molecule is CC1CN2CCCCC2CN1Cc1ccc(Br)cc1Cl. The lowest BCUT2D eigenvalue weighted by Gasteiger charge is -2.47. The molecule has 2 unspecified atom stereocenters. The van der Waals surface area contributed by atoms with E-state index in [4.69, 9.17) is 11.6 Å². The second-order valence-electron chi connectivity index (χ2n) is 6.16. The predicted octanol–water partition coefficient (Wildman–Crippen LogP) is 4.16. The highest BCUT2D eigenvalue weighted by Gasteiger charge is 2.32. The van der Waals surface area contributed by atoms with Gasteiger partial charge in [-0.2, -0.15) is 0 Å². The van der Waals surface area contributed by atoms with E-state index < -0.39 is 0 Å².